The van der Waals surface area contributed by atoms with Gasteiger partial charge in [0.1, 0.15) is 5.76 Å². The molecular weight excluding hydrogens is 388 g/mol. The average molecular weight is 427 g/mol. The van der Waals surface area contributed by atoms with Crippen molar-refractivity contribution in [3.63, 3.8) is 0 Å². The van der Waals surface area contributed by atoms with Crippen molar-refractivity contribution in [2.24, 2.45) is 4.99 Å². The van der Waals surface area contributed by atoms with Crippen molar-refractivity contribution in [1.29, 1.82) is 0 Å². The molecule has 7 nitrogen and oxygen atoms in total. The zero-order valence-corrected chi connectivity index (χ0v) is 19.8. The van der Waals surface area contributed by atoms with Gasteiger partial charge in [-0.25, -0.2) is 0 Å². The Bertz CT molecular complexity index is 845. The quantitative estimate of drug-likeness (QED) is 0.500. The van der Waals surface area contributed by atoms with E-state index in [1.54, 1.807) is 0 Å². The predicted molar refractivity (Wildman–Crippen MR) is 128 cm³/mol. The average Bonchev–Trinajstić information content (AvgIpc) is 3.20. The Morgan fingerprint density at radius 1 is 1.10 bits per heavy atom. The third-order valence-corrected chi connectivity index (χ3v) is 6.27. The molecule has 0 atom stereocenters. The second-order valence-corrected chi connectivity index (χ2v) is 8.14. The van der Waals surface area contributed by atoms with E-state index < -0.39 is 0 Å². The first-order chi connectivity index (χ1) is 15.1. The van der Waals surface area contributed by atoms with Gasteiger partial charge < -0.3 is 20.1 Å². The molecule has 1 saturated heterocycles. The van der Waals surface area contributed by atoms with Gasteiger partial charge in [-0.15, -0.1) is 0 Å². The van der Waals surface area contributed by atoms with E-state index in [0.717, 1.165) is 75.1 Å². The molecule has 0 saturated carbocycles. The Labute approximate surface area is 186 Å². The highest BCUT2D eigenvalue weighted by Crippen LogP contribution is 2.23. The van der Waals surface area contributed by atoms with Gasteiger partial charge >= 0.3 is 0 Å². The molecule has 1 aromatic carbocycles. The van der Waals surface area contributed by atoms with Crippen LogP contribution in [-0.2, 0) is 19.4 Å². The molecule has 1 aliphatic heterocycles. The van der Waals surface area contributed by atoms with Crippen molar-refractivity contribution in [2.45, 2.75) is 47.1 Å². The van der Waals surface area contributed by atoms with Crippen molar-refractivity contribution in [3.05, 3.63) is 46.3 Å². The van der Waals surface area contributed by atoms with E-state index in [1.165, 1.54) is 16.8 Å². The van der Waals surface area contributed by atoms with Crippen molar-refractivity contribution < 1.29 is 4.52 Å². The molecule has 0 bridgehead atoms. The molecule has 2 aromatic rings. The largest absolute Gasteiger partial charge is 0.369 e. The number of hydrogen-bond donors (Lipinski definition) is 2. The molecule has 1 aliphatic rings. The maximum Gasteiger partial charge on any atom is 0.191 e. The van der Waals surface area contributed by atoms with Crippen LogP contribution in [0.1, 0.15) is 42.0 Å². The van der Waals surface area contributed by atoms with Crippen LogP contribution in [0.25, 0.3) is 0 Å². The number of rotatable bonds is 8. The highest BCUT2D eigenvalue weighted by Gasteiger charge is 2.19. The van der Waals surface area contributed by atoms with Crippen molar-refractivity contribution in [1.82, 2.24) is 20.7 Å². The first kappa shape index (κ1) is 23.1. The predicted octanol–water partition coefficient (Wildman–Crippen LogP) is 2.90. The number of aromatic nitrogens is 1. The summed E-state index contributed by atoms with van der Waals surface area (Å²) in [6.45, 7) is 15.5. The first-order valence-electron chi connectivity index (χ1n) is 11.5. The second-order valence-electron chi connectivity index (χ2n) is 8.14. The molecule has 1 aromatic heterocycles. The lowest BCUT2D eigenvalue weighted by Crippen LogP contribution is -2.49. The molecule has 31 heavy (non-hydrogen) atoms. The van der Waals surface area contributed by atoms with Crippen molar-refractivity contribution in [2.75, 3.05) is 51.2 Å². The summed E-state index contributed by atoms with van der Waals surface area (Å²) >= 11 is 0. The lowest BCUT2D eigenvalue weighted by atomic mass is 10.1. The maximum absolute atomic E-state index is 5.46. The SMILES string of the molecule is CCc1noc(CC)c1CNC(=NC)NCCN1CCN(c2cccc(C)c2C)CC1. The van der Waals surface area contributed by atoms with Gasteiger partial charge in [-0.1, -0.05) is 31.1 Å². The summed E-state index contributed by atoms with van der Waals surface area (Å²) in [5.74, 6) is 1.78. The Kier molecular flexibility index (Phi) is 8.35. The number of aryl methyl sites for hydroxylation is 3. The number of benzene rings is 1. The molecule has 0 radical (unpaired) electrons. The summed E-state index contributed by atoms with van der Waals surface area (Å²) in [5, 5.41) is 11.0. The van der Waals surface area contributed by atoms with E-state index in [1.807, 2.05) is 7.05 Å². The molecule has 3 rings (SSSR count). The summed E-state index contributed by atoms with van der Waals surface area (Å²) in [6.07, 6.45) is 1.73. The first-order valence-corrected chi connectivity index (χ1v) is 11.5. The number of nitrogens with one attached hydrogen (secondary N) is 2. The van der Waals surface area contributed by atoms with E-state index >= 15 is 0 Å². The van der Waals surface area contributed by atoms with Crippen LogP contribution in [0.5, 0.6) is 0 Å². The lowest BCUT2D eigenvalue weighted by molar-refractivity contribution is 0.261. The molecule has 0 unspecified atom stereocenters. The Morgan fingerprint density at radius 2 is 1.87 bits per heavy atom. The molecule has 0 amide bonds. The third kappa shape index (κ3) is 5.79. The van der Waals surface area contributed by atoms with Gasteiger partial charge in [-0.2, -0.15) is 0 Å². The highest BCUT2D eigenvalue weighted by molar-refractivity contribution is 5.79. The molecule has 2 heterocycles. The van der Waals surface area contributed by atoms with Gasteiger partial charge in [0.2, 0.25) is 0 Å². The topological polar surface area (TPSA) is 68.9 Å². The Balaban J connectivity index is 1.42. The van der Waals surface area contributed by atoms with Crippen LogP contribution in [0.3, 0.4) is 0 Å². The fraction of sp³-hybridized carbons (Fsp3) is 0.583. The van der Waals surface area contributed by atoms with E-state index in [2.05, 4.69) is 76.5 Å². The Hall–Kier alpha value is -2.54. The maximum atomic E-state index is 5.46. The molecular formula is C24H38N6O. The van der Waals surface area contributed by atoms with Crippen LogP contribution < -0.4 is 15.5 Å². The highest BCUT2D eigenvalue weighted by atomic mass is 16.5. The van der Waals surface area contributed by atoms with Crippen LogP contribution in [0, 0.1) is 13.8 Å². The Morgan fingerprint density at radius 3 is 2.55 bits per heavy atom. The molecule has 0 aliphatic carbocycles. The number of piperazine rings is 1. The standard InChI is InChI=1S/C24H38N6O/c1-6-21-20(23(7-2)31-28-21)17-27-24(25-5)26-11-12-29-13-15-30(16-14-29)22-10-8-9-18(3)19(22)4/h8-10H,6-7,11-17H2,1-5H3,(H2,25,26,27). The smallest absolute Gasteiger partial charge is 0.191 e. The van der Waals surface area contributed by atoms with Crippen LogP contribution in [0.4, 0.5) is 5.69 Å². The van der Waals surface area contributed by atoms with Gasteiger partial charge in [0.25, 0.3) is 0 Å². The summed E-state index contributed by atoms with van der Waals surface area (Å²) < 4.78 is 5.46. The van der Waals surface area contributed by atoms with Gasteiger partial charge in [0.05, 0.1) is 5.69 Å². The number of anilines is 1. The molecule has 170 valence electrons. The minimum absolute atomic E-state index is 0.685. The number of hydrogen-bond acceptors (Lipinski definition) is 5. The molecule has 2 N–H and O–H groups in total. The minimum atomic E-state index is 0.685. The summed E-state index contributed by atoms with van der Waals surface area (Å²) in [7, 11) is 1.81. The van der Waals surface area contributed by atoms with Crippen molar-refractivity contribution in [3.8, 4) is 0 Å². The summed E-state index contributed by atoms with van der Waals surface area (Å²) in [4.78, 5) is 9.40. The second kappa shape index (κ2) is 11.2. The number of aliphatic imine (C=N–C) groups is 1. The van der Waals surface area contributed by atoms with Crippen molar-refractivity contribution >= 4 is 11.6 Å². The fourth-order valence-corrected chi connectivity index (χ4v) is 4.15. The van der Waals surface area contributed by atoms with Crippen LogP contribution >= 0.6 is 0 Å². The van der Waals surface area contributed by atoms with Crippen LogP contribution in [0.2, 0.25) is 0 Å². The van der Waals surface area contributed by atoms with Crippen LogP contribution in [0.15, 0.2) is 27.7 Å². The van der Waals surface area contributed by atoms with Gasteiger partial charge in [-0.3, -0.25) is 9.89 Å². The normalized spacial score (nSPS) is 15.4. The van der Waals surface area contributed by atoms with E-state index in [9.17, 15) is 0 Å². The van der Waals surface area contributed by atoms with Gasteiger partial charge in [0, 0.05) is 70.5 Å². The van der Waals surface area contributed by atoms with Gasteiger partial charge in [0.15, 0.2) is 5.96 Å². The fourth-order valence-electron chi connectivity index (χ4n) is 4.15. The van der Waals surface area contributed by atoms with E-state index in [0.29, 0.717) is 6.54 Å². The van der Waals surface area contributed by atoms with E-state index in [-0.39, 0.29) is 0 Å². The van der Waals surface area contributed by atoms with Gasteiger partial charge in [-0.05, 0) is 37.5 Å². The number of guanidine groups is 1. The lowest BCUT2D eigenvalue weighted by Gasteiger charge is -2.37. The summed E-state index contributed by atoms with van der Waals surface area (Å²) in [5.41, 5.74) is 6.34. The van der Waals surface area contributed by atoms with E-state index in [4.69, 9.17) is 4.52 Å². The molecule has 7 heteroatoms. The minimum Gasteiger partial charge on any atom is -0.369 e. The molecule has 1 fully saturated rings. The summed E-state index contributed by atoms with van der Waals surface area (Å²) in [6, 6.07) is 6.61. The third-order valence-electron chi connectivity index (χ3n) is 6.27. The zero-order chi connectivity index (χ0) is 22.2. The monoisotopic (exact) mass is 426 g/mol. The number of nitrogens with zero attached hydrogens (tertiary/aromatic N) is 4. The van der Waals surface area contributed by atoms with Crippen LogP contribution in [-0.4, -0.2) is 62.3 Å². The molecule has 0 spiro atoms. The zero-order valence-electron chi connectivity index (χ0n) is 19.8.